The molecule has 0 amide bonds. The predicted octanol–water partition coefficient (Wildman–Crippen LogP) is 3.31. The van der Waals surface area contributed by atoms with Crippen LogP contribution in [-0.4, -0.2) is 27.5 Å². The summed E-state index contributed by atoms with van der Waals surface area (Å²) in [7, 11) is 0. The third kappa shape index (κ3) is 2.94. The van der Waals surface area contributed by atoms with E-state index in [0.29, 0.717) is 33.5 Å². The Balaban J connectivity index is 2.43. The topological polar surface area (TPSA) is 51.8 Å². The standard InChI is InChI=1S/C10H10ClN3OS2/c1-16-9-12-8(13-10(14-9)17-2)7-4-3-6(5-11)15-7/h3-4H,5H2,1-2H3. The fraction of sp³-hybridized carbons (Fsp3) is 0.300. The van der Waals surface area contributed by atoms with E-state index in [-0.39, 0.29) is 0 Å². The van der Waals surface area contributed by atoms with Crippen molar-refractivity contribution in [2.24, 2.45) is 0 Å². The Hall–Kier alpha value is -0.720. The van der Waals surface area contributed by atoms with Crippen molar-refractivity contribution in [3.63, 3.8) is 0 Å². The van der Waals surface area contributed by atoms with E-state index in [2.05, 4.69) is 15.0 Å². The van der Waals surface area contributed by atoms with Crippen molar-refractivity contribution >= 4 is 35.1 Å². The van der Waals surface area contributed by atoms with Crippen LogP contribution in [0.5, 0.6) is 0 Å². The van der Waals surface area contributed by atoms with E-state index in [9.17, 15) is 0 Å². The Morgan fingerprint density at radius 2 is 1.76 bits per heavy atom. The Morgan fingerprint density at radius 1 is 1.12 bits per heavy atom. The van der Waals surface area contributed by atoms with Crippen molar-refractivity contribution < 1.29 is 4.42 Å². The van der Waals surface area contributed by atoms with Gasteiger partial charge in [-0.25, -0.2) is 0 Å². The molecule has 0 aliphatic carbocycles. The third-order valence-corrected chi connectivity index (χ3v) is 3.33. The highest BCUT2D eigenvalue weighted by molar-refractivity contribution is 7.99. The fourth-order valence-corrected chi connectivity index (χ4v) is 2.11. The summed E-state index contributed by atoms with van der Waals surface area (Å²) in [5.41, 5.74) is 0. The van der Waals surface area contributed by atoms with Gasteiger partial charge in [-0.1, -0.05) is 23.5 Å². The van der Waals surface area contributed by atoms with Gasteiger partial charge in [0.15, 0.2) is 16.1 Å². The van der Waals surface area contributed by atoms with Crippen LogP contribution in [0.3, 0.4) is 0 Å². The van der Waals surface area contributed by atoms with Crippen molar-refractivity contribution in [1.29, 1.82) is 0 Å². The second kappa shape index (κ2) is 5.75. The Kier molecular flexibility index (Phi) is 4.31. The van der Waals surface area contributed by atoms with Gasteiger partial charge in [0.2, 0.25) is 5.82 Å². The molecular formula is C10H10ClN3OS2. The van der Waals surface area contributed by atoms with Crippen LogP contribution >= 0.6 is 35.1 Å². The van der Waals surface area contributed by atoms with Crippen molar-refractivity contribution in [3.8, 4) is 11.6 Å². The van der Waals surface area contributed by atoms with Gasteiger partial charge < -0.3 is 4.42 Å². The van der Waals surface area contributed by atoms with Gasteiger partial charge in [0.25, 0.3) is 0 Å². The first-order chi connectivity index (χ1) is 8.26. The average molecular weight is 288 g/mol. The summed E-state index contributed by atoms with van der Waals surface area (Å²) in [6.07, 6.45) is 3.85. The molecule has 2 aromatic rings. The lowest BCUT2D eigenvalue weighted by Crippen LogP contribution is -1.96. The van der Waals surface area contributed by atoms with Gasteiger partial charge in [-0.15, -0.1) is 11.6 Å². The monoisotopic (exact) mass is 287 g/mol. The number of hydrogen-bond donors (Lipinski definition) is 0. The molecule has 0 N–H and O–H groups in total. The van der Waals surface area contributed by atoms with Crippen molar-refractivity contribution in [2.75, 3.05) is 12.5 Å². The molecular weight excluding hydrogens is 278 g/mol. The van der Waals surface area contributed by atoms with Gasteiger partial charge in [0.05, 0.1) is 5.88 Å². The molecule has 2 aromatic heterocycles. The number of nitrogens with zero attached hydrogens (tertiary/aromatic N) is 3. The maximum Gasteiger partial charge on any atom is 0.200 e. The third-order valence-electron chi connectivity index (χ3n) is 1.97. The SMILES string of the molecule is CSc1nc(SC)nc(-c2ccc(CCl)o2)n1. The van der Waals surface area contributed by atoms with Crippen LogP contribution in [0.4, 0.5) is 0 Å². The van der Waals surface area contributed by atoms with Crippen molar-refractivity contribution in [2.45, 2.75) is 16.2 Å². The number of rotatable bonds is 4. The molecule has 90 valence electrons. The van der Waals surface area contributed by atoms with Crippen LogP contribution in [0.2, 0.25) is 0 Å². The molecule has 0 radical (unpaired) electrons. The molecule has 0 aliphatic rings. The summed E-state index contributed by atoms with van der Waals surface area (Å²) in [6, 6.07) is 3.64. The molecule has 0 atom stereocenters. The Labute approximate surface area is 113 Å². The number of halogens is 1. The smallest absolute Gasteiger partial charge is 0.200 e. The van der Waals surface area contributed by atoms with E-state index in [1.54, 1.807) is 0 Å². The van der Waals surface area contributed by atoms with Gasteiger partial charge in [-0.05, 0) is 24.6 Å². The van der Waals surface area contributed by atoms with Gasteiger partial charge >= 0.3 is 0 Å². The fourth-order valence-electron chi connectivity index (χ4n) is 1.20. The summed E-state index contributed by atoms with van der Waals surface area (Å²) in [5, 5.41) is 1.37. The number of aromatic nitrogens is 3. The van der Waals surface area contributed by atoms with Crippen LogP contribution in [0, 0.1) is 0 Å². The minimum absolute atomic E-state index is 0.343. The van der Waals surface area contributed by atoms with Gasteiger partial charge in [-0.2, -0.15) is 15.0 Å². The second-order valence-electron chi connectivity index (χ2n) is 3.03. The average Bonchev–Trinajstić information content (AvgIpc) is 2.86. The van der Waals surface area contributed by atoms with E-state index in [0.717, 1.165) is 0 Å². The van der Waals surface area contributed by atoms with Crippen LogP contribution in [0.25, 0.3) is 11.6 Å². The highest BCUT2D eigenvalue weighted by atomic mass is 35.5. The maximum atomic E-state index is 5.69. The minimum atomic E-state index is 0.343. The molecule has 0 saturated heterocycles. The highest BCUT2D eigenvalue weighted by Gasteiger charge is 2.11. The van der Waals surface area contributed by atoms with E-state index in [1.807, 2.05) is 24.6 Å². The quantitative estimate of drug-likeness (QED) is 0.635. The van der Waals surface area contributed by atoms with Crippen molar-refractivity contribution in [1.82, 2.24) is 15.0 Å². The largest absolute Gasteiger partial charge is 0.456 e. The normalized spacial score (nSPS) is 10.8. The molecule has 4 nitrogen and oxygen atoms in total. The lowest BCUT2D eigenvalue weighted by molar-refractivity contribution is 0.536. The van der Waals surface area contributed by atoms with E-state index in [1.165, 1.54) is 23.5 Å². The minimum Gasteiger partial charge on any atom is -0.456 e. The van der Waals surface area contributed by atoms with Crippen LogP contribution in [-0.2, 0) is 5.88 Å². The zero-order valence-electron chi connectivity index (χ0n) is 9.31. The first-order valence-electron chi connectivity index (χ1n) is 4.76. The molecule has 0 aliphatic heterocycles. The molecule has 2 rings (SSSR count). The van der Waals surface area contributed by atoms with Gasteiger partial charge in [-0.3, -0.25) is 0 Å². The summed E-state index contributed by atoms with van der Waals surface area (Å²) >= 11 is 8.64. The first kappa shape index (κ1) is 12.7. The number of thioether (sulfide) groups is 2. The summed E-state index contributed by atoms with van der Waals surface area (Å²) in [5.74, 6) is 2.22. The lowest BCUT2D eigenvalue weighted by atomic mass is 10.4. The van der Waals surface area contributed by atoms with E-state index >= 15 is 0 Å². The Bertz CT molecular complexity index is 496. The summed E-state index contributed by atoms with van der Waals surface area (Å²) in [4.78, 5) is 12.9. The molecule has 0 aromatic carbocycles. The summed E-state index contributed by atoms with van der Waals surface area (Å²) in [6.45, 7) is 0. The molecule has 0 saturated carbocycles. The van der Waals surface area contributed by atoms with Crippen LogP contribution in [0.15, 0.2) is 26.9 Å². The zero-order valence-corrected chi connectivity index (χ0v) is 11.7. The van der Waals surface area contributed by atoms with E-state index in [4.69, 9.17) is 16.0 Å². The zero-order chi connectivity index (χ0) is 12.3. The summed E-state index contributed by atoms with van der Waals surface area (Å²) < 4.78 is 5.51. The molecule has 0 unspecified atom stereocenters. The molecule has 0 spiro atoms. The van der Waals surface area contributed by atoms with Gasteiger partial charge in [0, 0.05) is 0 Å². The second-order valence-corrected chi connectivity index (χ2v) is 4.85. The molecule has 0 bridgehead atoms. The van der Waals surface area contributed by atoms with E-state index < -0.39 is 0 Å². The van der Waals surface area contributed by atoms with Crippen LogP contribution in [0.1, 0.15) is 5.76 Å². The number of hydrogen-bond acceptors (Lipinski definition) is 6. The Morgan fingerprint density at radius 3 is 2.24 bits per heavy atom. The number of alkyl halides is 1. The predicted molar refractivity (Wildman–Crippen MR) is 70.6 cm³/mol. The van der Waals surface area contributed by atoms with Crippen LogP contribution < -0.4 is 0 Å². The van der Waals surface area contributed by atoms with Gasteiger partial charge in [0.1, 0.15) is 5.76 Å². The molecule has 0 fully saturated rings. The molecule has 17 heavy (non-hydrogen) atoms. The first-order valence-corrected chi connectivity index (χ1v) is 7.74. The maximum absolute atomic E-state index is 5.69. The van der Waals surface area contributed by atoms with Crippen molar-refractivity contribution in [3.05, 3.63) is 17.9 Å². The highest BCUT2D eigenvalue weighted by Crippen LogP contribution is 2.23. The molecule has 7 heteroatoms. The molecule has 2 heterocycles. The lowest BCUT2D eigenvalue weighted by Gasteiger charge is -2.01. The number of furan rings is 1.